The Morgan fingerprint density at radius 1 is 1.29 bits per heavy atom. The minimum Gasteiger partial charge on any atom is -0.508 e. The number of thioether (sulfide) groups is 2. The molecule has 2 aliphatic heterocycles. The molecule has 4 rings (SSSR count). The number of rotatable bonds is 8. The SMILES string of the molecule is CC(C)(C)OC(=O)NC(C(=O)NC1C(=O)N2C(C(=O)O)=C(CSc3cn[nH]n3)CS[C@@H]12)c1ccc(O)cc1. The number of phenols is 1. The normalized spacial score (nSPS) is 19.8. The van der Waals surface area contributed by atoms with E-state index < -0.39 is 46.9 Å². The van der Waals surface area contributed by atoms with Gasteiger partial charge in [0.2, 0.25) is 5.91 Å². The molecular formula is C23H26N6O7S2. The molecule has 0 saturated carbocycles. The summed E-state index contributed by atoms with van der Waals surface area (Å²) in [7, 11) is 0. The van der Waals surface area contributed by atoms with Crippen LogP contribution in [-0.2, 0) is 19.1 Å². The minimum absolute atomic E-state index is 0.0286. The monoisotopic (exact) mass is 562 g/mol. The van der Waals surface area contributed by atoms with Crippen molar-refractivity contribution < 1.29 is 34.1 Å². The number of carboxylic acids is 1. The number of aromatic amines is 1. The Labute approximate surface area is 225 Å². The zero-order chi connectivity index (χ0) is 27.6. The van der Waals surface area contributed by atoms with Crippen LogP contribution in [0, 0.1) is 0 Å². The van der Waals surface area contributed by atoms with E-state index in [2.05, 4.69) is 26.0 Å². The fourth-order valence-corrected chi connectivity index (χ4v) is 6.11. The van der Waals surface area contributed by atoms with Gasteiger partial charge in [0.15, 0.2) is 0 Å². The van der Waals surface area contributed by atoms with Crippen molar-refractivity contribution in [3.8, 4) is 5.75 Å². The van der Waals surface area contributed by atoms with Crippen LogP contribution in [0.5, 0.6) is 5.75 Å². The maximum atomic E-state index is 13.3. The zero-order valence-electron chi connectivity index (χ0n) is 20.6. The number of benzene rings is 1. The van der Waals surface area contributed by atoms with Gasteiger partial charge in [-0.1, -0.05) is 23.9 Å². The highest BCUT2D eigenvalue weighted by Crippen LogP contribution is 2.41. The molecule has 38 heavy (non-hydrogen) atoms. The number of β-lactam (4-membered cyclic amide) rings is 1. The topological polar surface area (TPSA) is 187 Å². The molecule has 1 saturated heterocycles. The Balaban J connectivity index is 1.49. The average Bonchev–Trinajstić information content (AvgIpc) is 3.37. The number of phenolic OH excluding ortho intramolecular Hbond substituents is 1. The molecule has 1 aromatic heterocycles. The number of hydrogen-bond donors (Lipinski definition) is 5. The lowest BCUT2D eigenvalue weighted by Gasteiger charge is -2.49. The summed E-state index contributed by atoms with van der Waals surface area (Å²) in [6, 6.07) is 3.43. The summed E-state index contributed by atoms with van der Waals surface area (Å²) in [6.07, 6.45) is 0.672. The van der Waals surface area contributed by atoms with Crippen LogP contribution < -0.4 is 10.6 Å². The highest BCUT2D eigenvalue weighted by molar-refractivity contribution is 8.01. The van der Waals surface area contributed by atoms with Crippen molar-refractivity contribution in [3.63, 3.8) is 0 Å². The summed E-state index contributed by atoms with van der Waals surface area (Å²) in [4.78, 5) is 52.1. The first kappa shape index (κ1) is 27.3. The fourth-order valence-electron chi connectivity index (χ4n) is 3.85. The number of nitrogens with zero attached hydrogens (tertiary/aromatic N) is 3. The molecule has 3 atom stereocenters. The van der Waals surface area contributed by atoms with Crippen molar-refractivity contribution in [2.75, 3.05) is 11.5 Å². The number of fused-ring (bicyclic) bond motifs is 1. The molecule has 2 aromatic rings. The highest BCUT2D eigenvalue weighted by atomic mass is 32.2. The molecule has 2 unspecified atom stereocenters. The van der Waals surface area contributed by atoms with Crippen molar-refractivity contribution in [2.24, 2.45) is 0 Å². The summed E-state index contributed by atoms with van der Waals surface area (Å²) in [5.74, 6) is -1.88. The van der Waals surface area contributed by atoms with Gasteiger partial charge >= 0.3 is 12.1 Å². The summed E-state index contributed by atoms with van der Waals surface area (Å²) in [6.45, 7) is 5.03. The van der Waals surface area contributed by atoms with Crippen molar-refractivity contribution >= 4 is 47.4 Å². The third-order valence-electron chi connectivity index (χ3n) is 5.48. The summed E-state index contributed by atoms with van der Waals surface area (Å²) in [5, 5.41) is 34.7. The molecule has 2 aliphatic rings. The molecule has 0 radical (unpaired) electrons. The highest BCUT2D eigenvalue weighted by Gasteiger charge is 2.54. The molecule has 15 heteroatoms. The molecule has 5 N–H and O–H groups in total. The average molecular weight is 563 g/mol. The Morgan fingerprint density at radius 3 is 2.61 bits per heavy atom. The Morgan fingerprint density at radius 2 is 2.00 bits per heavy atom. The molecule has 202 valence electrons. The number of hydrogen-bond acceptors (Lipinski definition) is 10. The van der Waals surface area contributed by atoms with Crippen LogP contribution in [0.2, 0.25) is 0 Å². The fraction of sp³-hybridized carbons (Fsp3) is 0.391. The smallest absolute Gasteiger partial charge is 0.408 e. The van der Waals surface area contributed by atoms with Crippen LogP contribution in [0.3, 0.4) is 0 Å². The second-order valence-corrected chi connectivity index (χ2v) is 11.5. The lowest BCUT2D eigenvalue weighted by molar-refractivity contribution is -0.151. The number of amides is 3. The number of ether oxygens (including phenoxy) is 1. The quantitative estimate of drug-likeness (QED) is 0.232. The number of nitrogens with one attached hydrogen (secondary N) is 3. The standard InChI is InChI=1S/C23H26N6O7S2/c1-23(2,3)36-22(35)26-15(11-4-6-13(30)7-5-11)18(31)25-16-19(32)29-17(21(33)34)12(10-38-20(16)29)9-37-14-8-24-28-27-14/h4-8,15-16,20,30H,9-10H2,1-3H3,(H,25,31)(H,26,35)(H,33,34)(H,24,27,28)/t15?,16?,20-/m0/s1. The number of carbonyl (C=O) groups excluding carboxylic acids is 3. The van der Waals surface area contributed by atoms with E-state index in [1.807, 2.05) is 0 Å². The molecular weight excluding hydrogens is 536 g/mol. The summed E-state index contributed by atoms with van der Waals surface area (Å²) < 4.78 is 5.28. The number of H-pyrrole nitrogens is 1. The van der Waals surface area contributed by atoms with Crippen LogP contribution in [0.25, 0.3) is 0 Å². The van der Waals surface area contributed by atoms with E-state index in [1.165, 1.54) is 58.9 Å². The van der Waals surface area contributed by atoms with Gasteiger partial charge in [0.1, 0.15) is 39.5 Å². The molecule has 1 aromatic carbocycles. The molecule has 1 fully saturated rings. The number of aromatic nitrogens is 3. The van der Waals surface area contributed by atoms with Gasteiger partial charge in [-0.2, -0.15) is 10.3 Å². The number of aliphatic carboxylic acids is 1. The first-order valence-electron chi connectivity index (χ1n) is 11.4. The van der Waals surface area contributed by atoms with E-state index in [0.29, 0.717) is 27.7 Å². The Hall–Kier alpha value is -3.72. The molecule has 3 amide bonds. The van der Waals surface area contributed by atoms with Gasteiger partial charge in [0.25, 0.3) is 5.91 Å². The molecule has 13 nitrogen and oxygen atoms in total. The van der Waals surface area contributed by atoms with Crippen molar-refractivity contribution in [1.29, 1.82) is 0 Å². The third-order valence-corrected chi connectivity index (χ3v) is 7.81. The Bertz CT molecular complexity index is 1260. The van der Waals surface area contributed by atoms with E-state index in [9.17, 15) is 29.4 Å². The minimum atomic E-state index is -1.24. The van der Waals surface area contributed by atoms with Crippen LogP contribution in [0.1, 0.15) is 32.4 Å². The van der Waals surface area contributed by atoms with Crippen LogP contribution in [0.4, 0.5) is 4.79 Å². The van der Waals surface area contributed by atoms with E-state index in [4.69, 9.17) is 4.74 Å². The van der Waals surface area contributed by atoms with E-state index in [-0.39, 0.29) is 11.4 Å². The van der Waals surface area contributed by atoms with Gasteiger partial charge in [-0.3, -0.25) is 14.5 Å². The predicted octanol–water partition coefficient (Wildman–Crippen LogP) is 1.61. The molecule has 0 aliphatic carbocycles. The van der Waals surface area contributed by atoms with E-state index in [1.54, 1.807) is 20.8 Å². The zero-order valence-corrected chi connectivity index (χ0v) is 22.3. The largest absolute Gasteiger partial charge is 0.508 e. The van der Waals surface area contributed by atoms with Gasteiger partial charge in [-0.15, -0.1) is 16.9 Å². The molecule has 3 heterocycles. The number of alkyl carbamates (subject to hydrolysis) is 1. The lowest BCUT2D eigenvalue weighted by Crippen LogP contribution is -2.71. The maximum Gasteiger partial charge on any atom is 0.408 e. The third kappa shape index (κ3) is 6.05. The van der Waals surface area contributed by atoms with Gasteiger partial charge in [-0.05, 0) is 44.0 Å². The van der Waals surface area contributed by atoms with Gasteiger partial charge in [0, 0.05) is 11.5 Å². The van der Waals surface area contributed by atoms with E-state index >= 15 is 0 Å². The van der Waals surface area contributed by atoms with Gasteiger partial charge in [0.05, 0.1) is 6.20 Å². The van der Waals surface area contributed by atoms with Crippen molar-refractivity contribution in [1.82, 2.24) is 30.9 Å². The van der Waals surface area contributed by atoms with Crippen LogP contribution >= 0.6 is 23.5 Å². The first-order chi connectivity index (χ1) is 17.9. The second-order valence-electron chi connectivity index (χ2n) is 9.42. The summed E-state index contributed by atoms with van der Waals surface area (Å²) in [5.41, 5.74) is -0.0167. The summed E-state index contributed by atoms with van der Waals surface area (Å²) >= 11 is 2.62. The van der Waals surface area contributed by atoms with Crippen LogP contribution in [-0.4, -0.2) is 82.9 Å². The molecule has 0 spiro atoms. The number of carbonyl (C=O) groups is 4. The number of aromatic hydroxyl groups is 1. The van der Waals surface area contributed by atoms with Crippen molar-refractivity contribution in [2.45, 2.75) is 48.9 Å². The van der Waals surface area contributed by atoms with Gasteiger partial charge in [-0.25, -0.2) is 9.59 Å². The lowest BCUT2D eigenvalue weighted by atomic mass is 10.0. The first-order valence-corrected chi connectivity index (χ1v) is 13.5. The van der Waals surface area contributed by atoms with Gasteiger partial charge < -0.3 is 25.6 Å². The van der Waals surface area contributed by atoms with Crippen molar-refractivity contribution in [3.05, 3.63) is 47.3 Å². The molecule has 0 bridgehead atoms. The number of carboxylic acid groups (broad SMARTS) is 1. The van der Waals surface area contributed by atoms with E-state index in [0.717, 1.165) is 0 Å². The maximum absolute atomic E-state index is 13.3. The Kier molecular flexibility index (Phi) is 7.87. The predicted molar refractivity (Wildman–Crippen MR) is 137 cm³/mol. The van der Waals surface area contributed by atoms with Crippen LogP contribution in [0.15, 0.2) is 46.8 Å². The second kappa shape index (κ2) is 10.9.